The molecule has 398 valence electrons. The minimum absolute atomic E-state index is 0.0191. The van der Waals surface area contributed by atoms with E-state index in [0.717, 1.165) is 44.9 Å². The first kappa shape index (κ1) is 66.0. The van der Waals surface area contributed by atoms with Crippen LogP contribution < -0.4 is 0 Å². The molecule has 10 heteroatoms. The van der Waals surface area contributed by atoms with Gasteiger partial charge in [-0.15, -0.1) is 0 Å². The molecule has 0 radical (unpaired) electrons. The van der Waals surface area contributed by atoms with Crippen LogP contribution in [-0.4, -0.2) is 74.9 Å². The van der Waals surface area contributed by atoms with Gasteiger partial charge in [-0.3, -0.25) is 18.6 Å². The third-order valence-corrected chi connectivity index (χ3v) is 13.4. The lowest BCUT2D eigenvalue weighted by Gasteiger charge is -2.24. The van der Waals surface area contributed by atoms with Crippen molar-refractivity contribution >= 4 is 19.8 Å². The number of esters is 2. The van der Waals surface area contributed by atoms with Crippen LogP contribution in [0.3, 0.4) is 0 Å². The number of quaternary nitrogens is 1. The quantitative estimate of drug-likeness (QED) is 0.0211. The summed E-state index contributed by atoms with van der Waals surface area (Å²) in [5, 5.41) is 0. The number of phosphoric acid groups is 1. The predicted octanol–water partition coefficient (Wildman–Crippen LogP) is 17.4. The molecule has 1 N–H and O–H groups in total. The summed E-state index contributed by atoms with van der Waals surface area (Å²) in [5.41, 5.74) is 0. The molecule has 0 fully saturated rings. The zero-order valence-corrected chi connectivity index (χ0v) is 46.0. The van der Waals surface area contributed by atoms with Crippen LogP contribution in [0.4, 0.5) is 0 Å². The monoisotopic (exact) mass is 979 g/mol. The van der Waals surface area contributed by atoms with Crippen molar-refractivity contribution in [3.63, 3.8) is 0 Å². The summed E-state index contributed by atoms with van der Waals surface area (Å²) in [6.07, 6.45) is 62.3. The van der Waals surface area contributed by atoms with Crippen molar-refractivity contribution in [1.82, 2.24) is 0 Å². The van der Waals surface area contributed by atoms with Gasteiger partial charge in [0.15, 0.2) is 6.10 Å². The van der Waals surface area contributed by atoms with Crippen molar-refractivity contribution < 1.29 is 42.1 Å². The molecule has 2 unspecified atom stereocenters. The average Bonchev–Trinajstić information content (AvgIpc) is 3.30. The molecule has 0 amide bonds. The Balaban J connectivity index is 4.01. The van der Waals surface area contributed by atoms with E-state index in [2.05, 4.69) is 50.3 Å². The molecule has 0 rings (SSSR count). The molecule has 0 aliphatic rings. The fourth-order valence-corrected chi connectivity index (χ4v) is 8.77. The lowest BCUT2D eigenvalue weighted by Crippen LogP contribution is -2.37. The summed E-state index contributed by atoms with van der Waals surface area (Å²) >= 11 is 0. The van der Waals surface area contributed by atoms with Gasteiger partial charge in [0.2, 0.25) is 0 Å². The molecule has 0 aromatic rings. The number of allylic oxidation sites excluding steroid dienone is 8. The maximum atomic E-state index is 12.7. The van der Waals surface area contributed by atoms with E-state index in [9.17, 15) is 19.0 Å². The van der Waals surface area contributed by atoms with Gasteiger partial charge in [-0.2, -0.15) is 0 Å². The van der Waals surface area contributed by atoms with Crippen LogP contribution in [0.2, 0.25) is 0 Å². The molecule has 0 heterocycles. The SMILES string of the molecule is CC/C=C\C/C=C\C/C=C\C/C=C\CCC(=O)OC(COC(=O)CCCCCCCCCCCCCCCCCCCCCCCCCCCCCCCCC)COP(=O)(O)OCC[N+](C)(C)C. The molecule has 9 nitrogen and oxygen atoms in total. The first-order valence-corrected chi connectivity index (χ1v) is 29.9. The van der Waals surface area contributed by atoms with E-state index in [-0.39, 0.29) is 32.0 Å². The second kappa shape index (κ2) is 49.9. The maximum absolute atomic E-state index is 12.7. The third-order valence-electron chi connectivity index (χ3n) is 12.4. The van der Waals surface area contributed by atoms with Gasteiger partial charge < -0.3 is 18.9 Å². The number of unbranched alkanes of at least 4 members (excludes halogenated alkanes) is 30. The summed E-state index contributed by atoms with van der Waals surface area (Å²) in [6.45, 7) is 4.25. The van der Waals surface area contributed by atoms with Gasteiger partial charge in [-0.25, -0.2) is 4.57 Å². The number of rotatable bonds is 52. The lowest BCUT2D eigenvalue weighted by molar-refractivity contribution is -0.870. The molecular formula is C58H109NO8P+. The Labute approximate surface area is 420 Å². The molecule has 0 aliphatic carbocycles. The third kappa shape index (κ3) is 53.3. The number of hydrogen-bond acceptors (Lipinski definition) is 7. The number of phosphoric ester groups is 1. The Kier molecular flexibility index (Phi) is 48.4. The second-order valence-electron chi connectivity index (χ2n) is 20.3. The molecular weight excluding hydrogens is 870 g/mol. The van der Waals surface area contributed by atoms with Gasteiger partial charge >= 0.3 is 19.8 Å². The van der Waals surface area contributed by atoms with Crippen LogP contribution in [-0.2, 0) is 32.7 Å². The maximum Gasteiger partial charge on any atom is 0.472 e. The van der Waals surface area contributed by atoms with Crippen molar-refractivity contribution in [3.8, 4) is 0 Å². The van der Waals surface area contributed by atoms with Crippen LogP contribution in [0.5, 0.6) is 0 Å². The van der Waals surface area contributed by atoms with Gasteiger partial charge in [0.1, 0.15) is 19.8 Å². The molecule has 0 aromatic heterocycles. The molecule has 0 aliphatic heterocycles. The Bertz CT molecular complexity index is 1290. The van der Waals surface area contributed by atoms with Crippen molar-refractivity contribution in [2.45, 2.75) is 264 Å². The van der Waals surface area contributed by atoms with E-state index in [1.54, 1.807) is 0 Å². The van der Waals surface area contributed by atoms with Crippen molar-refractivity contribution in [2.24, 2.45) is 0 Å². The smallest absolute Gasteiger partial charge is 0.462 e. The Morgan fingerprint density at radius 3 is 1.22 bits per heavy atom. The summed E-state index contributed by atoms with van der Waals surface area (Å²) in [4.78, 5) is 35.5. The minimum atomic E-state index is -4.40. The zero-order valence-electron chi connectivity index (χ0n) is 45.1. The van der Waals surface area contributed by atoms with Gasteiger partial charge in [-0.05, 0) is 38.5 Å². The summed E-state index contributed by atoms with van der Waals surface area (Å²) in [6, 6.07) is 0. The van der Waals surface area contributed by atoms with Crippen LogP contribution in [0.25, 0.3) is 0 Å². The van der Waals surface area contributed by atoms with Crippen molar-refractivity contribution in [3.05, 3.63) is 48.6 Å². The number of carbonyl (C=O) groups is 2. The minimum Gasteiger partial charge on any atom is -0.462 e. The Morgan fingerprint density at radius 2 is 0.838 bits per heavy atom. The summed E-state index contributed by atoms with van der Waals surface area (Å²) < 4.78 is 34.3. The van der Waals surface area contributed by atoms with Gasteiger partial charge in [0.25, 0.3) is 0 Å². The van der Waals surface area contributed by atoms with Crippen LogP contribution >= 0.6 is 7.82 Å². The van der Waals surface area contributed by atoms with E-state index >= 15 is 0 Å². The number of carbonyl (C=O) groups excluding carboxylic acids is 2. The second-order valence-corrected chi connectivity index (χ2v) is 21.8. The molecule has 0 saturated carbocycles. The Hall–Kier alpha value is -2.03. The molecule has 0 saturated heterocycles. The first-order chi connectivity index (χ1) is 33.0. The van der Waals surface area contributed by atoms with E-state index in [0.29, 0.717) is 17.4 Å². The van der Waals surface area contributed by atoms with Crippen LogP contribution in [0.1, 0.15) is 258 Å². The number of nitrogens with zero attached hydrogens (tertiary/aromatic N) is 1. The zero-order chi connectivity index (χ0) is 49.9. The topological polar surface area (TPSA) is 108 Å². The predicted molar refractivity (Wildman–Crippen MR) is 289 cm³/mol. The summed E-state index contributed by atoms with van der Waals surface area (Å²) in [7, 11) is 1.44. The highest BCUT2D eigenvalue weighted by atomic mass is 31.2. The van der Waals surface area contributed by atoms with Gasteiger partial charge in [0.05, 0.1) is 27.7 Å². The van der Waals surface area contributed by atoms with Crippen molar-refractivity contribution in [1.29, 1.82) is 0 Å². The molecule has 2 atom stereocenters. The fraction of sp³-hybridized carbons (Fsp3) is 0.828. The van der Waals surface area contributed by atoms with Crippen molar-refractivity contribution in [2.75, 3.05) is 47.5 Å². The standard InChI is InChI=1S/C58H108NO8P/c1-6-8-10-12-14-16-18-20-21-22-23-24-25-26-27-28-29-30-31-32-33-34-35-36-37-39-40-42-44-46-48-50-57(60)64-54-56(55-66-68(62,63)65-53-52-59(3,4)5)67-58(61)51-49-47-45-43-41-38-19-17-15-13-11-9-7-2/h9,11,15,17,38,41,45,47,56H,6-8,10,12-14,16,18-37,39-40,42-44,46,48-55H2,1-5H3/p+1/b11-9-,17-15-,41-38-,47-45-. The largest absolute Gasteiger partial charge is 0.472 e. The van der Waals surface area contributed by atoms with E-state index in [4.69, 9.17) is 18.5 Å². The van der Waals surface area contributed by atoms with Gasteiger partial charge in [0, 0.05) is 12.8 Å². The molecule has 0 bridgehead atoms. The normalized spacial score (nSPS) is 13.7. The molecule has 68 heavy (non-hydrogen) atoms. The number of hydrogen-bond donors (Lipinski definition) is 1. The Morgan fingerprint density at radius 1 is 0.471 bits per heavy atom. The lowest BCUT2D eigenvalue weighted by atomic mass is 10.0. The first-order valence-electron chi connectivity index (χ1n) is 28.4. The highest BCUT2D eigenvalue weighted by Gasteiger charge is 2.27. The highest BCUT2D eigenvalue weighted by Crippen LogP contribution is 2.43. The van der Waals surface area contributed by atoms with E-state index in [1.165, 1.54) is 180 Å². The average molecular weight is 979 g/mol. The van der Waals surface area contributed by atoms with E-state index in [1.807, 2.05) is 33.3 Å². The summed E-state index contributed by atoms with van der Waals surface area (Å²) in [5.74, 6) is -0.885. The van der Waals surface area contributed by atoms with Crippen LogP contribution in [0, 0.1) is 0 Å². The fourth-order valence-electron chi connectivity index (χ4n) is 8.03. The molecule has 0 aromatic carbocycles. The number of likely N-dealkylation sites (N-methyl/N-ethyl adjacent to an activating group) is 1. The van der Waals surface area contributed by atoms with E-state index < -0.39 is 26.5 Å². The molecule has 0 spiro atoms. The highest BCUT2D eigenvalue weighted by molar-refractivity contribution is 7.47. The van der Waals surface area contributed by atoms with Crippen LogP contribution in [0.15, 0.2) is 48.6 Å². The number of ether oxygens (including phenoxy) is 2. The van der Waals surface area contributed by atoms with Gasteiger partial charge in [-0.1, -0.05) is 255 Å².